The van der Waals surface area contributed by atoms with E-state index >= 15 is 0 Å². The molecule has 0 fully saturated rings. The quantitative estimate of drug-likeness (QED) is 0.803. The molecule has 1 aromatic heterocycles. The van der Waals surface area contributed by atoms with Crippen molar-refractivity contribution < 1.29 is 4.39 Å². The van der Waals surface area contributed by atoms with Crippen LogP contribution in [0.4, 0.5) is 4.39 Å². The van der Waals surface area contributed by atoms with Crippen LogP contribution in [-0.2, 0) is 6.42 Å². The summed E-state index contributed by atoms with van der Waals surface area (Å²) in [6.45, 7) is 0. The Morgan fingerprint density at radius 1 is 1.44 bits per heavy atom. The summed E-state index contributed by atoms with van der Waals surface area (Å²) < 4.78 is 14.5. The van der Waals surface area contributed by atoms with E-state index in [9.17, 15) is 4.39 Å². The molecule has 0 radical (unpaired) electrons. The first-order chi connectivity index (χ1) is 7.70. The van der Waals surface area contributed by atoms with Crippen molar-refractivity contribution in [2.75, 3.05) is 0 Å². The Morgan fingerprint density at radius 2 is 2.25 bits per heavy atom. The van der Waals surface area contributed by atoms with Crippen molar-refractivity contribution in [1.82, 2.24) is 9.78 Å². The Balaban J connectivity index is 2.36. The summed E-state index contributed by atoms with van der Waals surface area (Å²) in [6.07, 6.45) is 1.96. The van der Waals surface area contributed by atoms with Crippen LogP contribution in [0.15, 0.2) is 30.5 Å². The molecule has 0 saturated carbocycles. The molecular formula is C11H7ClFN3. The summed E-state index contributed by atoms with van der Waals surface area (Å²) in [5.41, 5.74) is 1.33. The minimum absolute atomic E-state index is 0.0508. The molecule has 1 aromatic carbocycles. The molecule has 0 bridgehead atoms. The molecule has 0 N–H and O–H groups in total. The lowest BCUT2D eigenvalue weighted by atomic mass is 10.3. The zero-order chi connectivity index (χ0) is 11.5. The van der Waals surface area contributed by atoms with Crippen molar-refractivity contribution in [3.63, 3.8) is 0 Å². The predicted octanol–water partition coefficient (Wildman–Crippen LogP) is 2.73. The molecule has 1 heterocycles. The predicted molar refractivity (Wildman–Crippen MR) is 57.8 cm³/mol. The number of hydrogen-bond donors (Lipinski definition) is 0. The standard InChI is InChI=1S/C11H7ClFN3/c12-10-7-9(1-2-11(10)13)16-6-4-8(15-16)3-5-14/h1-2,4,6-7H,3H2. The monoisotopic (exact) mass is 235 g/mol. The van der Waals surface area contributed by atoms with E-state index in [-0.39, 0.29) is 11.4 Å². The van der Waals surface area contributed by atoms with Crippen LogP contribution in [0.3, 0.4) is 0 Å². The Morgan fingerprint density at radius 3 is 2.94 bits per heavy atom. The molecular weight excluding hydrogens is 229 g/mol. The summed E-state index contributed by atoms with van der Waals surface area (Å²) in [5, 5.41) is 12.7. The fourth-order valence-corrected chi connectivity index (χ4v) is 1.48. The molecule has 80 valence electrons. The molecule has 0 aliphatic carbocycles. The summed E-state index contributed by atoms with van der Waals surface area (Å²) in [4.78, 5) is 0. The van der Waals surface area contributed by atoms with Crippen LogP contribution in [0.5, 0.6) is 0 Å². The largest absolute Gasteiger partial charge is 0.241 e. The van der Waals surface area contributed by atoms with Crippen LogP contribution in [-0.4, -0.2) is 9.78 Å². The Labute approximate surface area is 96.7 Å². The highest BCUT2D eigenvalue weighted by atomic mass is 35.5. The van der Waals surface area contributed by atoms with E-state index in [1.54, 1.807) is 23.0 Å². The van der Waals surface area contributed by atoms with Gasteiger partial charge in [0.05, 0.1) is 28.9 Å². The molecule has 0 aliphatic rings. The van der Waals surface area contributed by atoms with Crippen molar-refractivity contribution >= 4 is 11.6 Å². The highest BCUT2D eigenvalue weighted by Gasteiger charge is 2.04. The highest BCUT2D eigenvalue weighted by molar-refractivity contribution is 6.30. The molecule has 0 amide bonds. The van der Waals surface area contributed by atoms with Crippen molar-refractivity contribution in [2.24, 2.45) is 0 Å². The van der Waals surface area contributed by atoms with E-state index in [1.807, 2.05) is 6.07 Å². The number of halogens is 2. The number of rotatable bonds is 2. The molecule has 16 heavy (non-hydrogen) atoms. The van der Waals surface area contributed by atoms with Crippen LogP contribution in [0, 0.1) is 17.1 Å². The Kier molecular flexibility index (Phi) is 2.88. The molecule has 2 rings (SSSR count). The second kappa shape index (κ2) is 4.33. The number of benzene rings is 1. The summed E-state index contributed by atoms with van der Waals surface area (Å²) in [5.74, 6) is -0.463. The molecule has 5 heteroatoms. The third-order valence-electron chi connectivity index (χ3n) is 2.07. The van der Waals surface area contributed by atoms with Gasteiger partial charge in [0.15, 0.2) is 0 Å². The molecule has 0 spiro atoms. The van der Waals surface area contributed by atoms with E-state index in [0.717, 1.165) is 0 Å². The molecule has 0 unspecified atom stereocenters. The smallest absolute Gasteiger partial charge is 0.141 e. The highest BCUT2D eigenvalue weighted by Crippen LogP contribution is 2.18. The SMILES string of the molecule is N#CCc1ccn(-c2ccc(F)c(Cl)c2)n1. The van der Waals surface area contributed by atoms with Gasteiger partial charge in [-0.2, -0.15) is 10.4 Å². The van der Waals surface area contributed by atoms with E-state index in [1.165, 1.54) is 12.1 Å². The third kappa shape index (κ3) is 2.05. The lowest BCUT2D eigenvalue weighted by Gasteiger charge is -2.01. The fourth-order valence-electron chi connectivity index (χ4n) is 1.31. The first-order valence-corrected chi connectivity index (χ1v) is 4.95. The van der Waals surface area contributed by atoms with E-state index in [4.69, 9.17) is 16.9 Å². The Bertz CT molecular complexity index is 557. The van der Waals surface area contributed by atoms with E-state index in [2.05, 4.69) is 5.10 Å². The maximum atomic E-state index is 12.9. The summed E-state index contributed by atoms with van der Waals surface area (Å²) in [7, 11) is 0. The maximum absolute atomic E-state index is 12.9. The van der Waals surface area contributed by atoms with Crippen LogP contribution in [0.1, 0.15) is 5.69 Å². The third-order valence-corrected chi connectivity index (χ3v) is 2.36. The first kappa shape index (κ1) is 10.7. The van der Waals surface area contributed by atoms with Gasteiger partial charge in [0.25, 0.3) is 0 Å². The number of nitrogens with zero attached hydrogens (tertiary/aromatic N) is 3. The molecule has 2 aromatic rings. The van der Waals surface area contributed by atoms with Gasteiger partial charge in [-0.15, -0.1) is 0 Å². The molecule has 3 nitrogen and oxygen atoms in total. The van der Waals surface area contributed by atoms with Gasteiger partial charge in [-0.3, -0.25) is 0 Å². The number of hydrogen-bond acceptors (Lipinski definition) is 2. The van der Waals surface area contributed by atoms with Crippen molar-refractivity contribution in [2.45, 2.75) is 6.42 Å². The minimum atomic E-state index is -0.463. The minimum Gasteiger partial charge on any atom is -0.241 e. The van der Waals surface area contributed by atoms with Crippen LogP contribution in [0.2, 0.25) is 5.02 Å². The van der Waals surface area contributed by atoms with Crippen LogP contribution in [0.25, 0.3) is 5.69 Å². The zero-order valence-electron chi connectivity index (χ0n) is 8.19. The Hall–Kier alpha value is -1.86. The van der Waals surface area contributed by atoms with Crippen LogP contribution >= 0.6 is 11.6 Å². The van der Waals surface area contributed by atoms with Gasteiger partial charge in [0.1, 0.15) is 5.82 Å². The van der Waals surface area contributed by atoms with Gasteiger partial charge in [0.2, 0.25) is 0 Å². The van der Waals surface area contributed by atoms with Gasteiger partial charge in [-0.05, 0) is 24.3 Å². The average Bonchev–Trinajstić information content (AvgIpc) is 2.71. The van der Waals surface area contributed by atoms with Gasteiger partial charge >= 0.3 is 0 Å². The van der Waals surface area contributed by atoms with Gasteiger partial charge in [-0.1, -0.05) is 11.6 Å². The second-order valence-corrected chi connectivity index (χ2v) is 3.59. The topological polar surface area (TPSA) is 41.6 Å². The summed E-state index contributed by atoms with van der Waals surface area (Å²) in [6, 6.07) is 8.08. The molecule has 0 atom stereocenters. The molecule has 0 saturated heterocycles. The lowest BCUT2D eigenvalue weighted by molar-refractivity contribution is 0.627. The normalized spacial score (nSPS) is 10.1. The number of aromatic nitrogens is 2. The van der Waals surface area contributed by atoms with Gasteiger partial charge in [-0.25, -0.2) is 9.07 Å². The lowest BCUT2D eigenvalue weighted by Crippen LogP contribution is -1.96. The maximum Gasteiger partial charge on any atom is 0.141 e. The summed E-state index contributed by atoms with van der Waals surface area (Å²) >= 11 is 5.66. The first-order valence-electron chi connectivity index (χ1n) is 4.57. The van der Waals surface area contributed by atoms with Crippen molar-refractivity contribution in [3.05, 3.63) is 47.0 Å². The fraction of sp³-hybridized carbons (Fsp3) is 0.0909. The van der Waals surface area contributed by atoms with E-state index in [0.29, 0.717) is 11.4 Å². The van der Waals surface area contributed by atoms with Crippen molar-refractivity contribution in [1.29, 1.82) is 5.26 Å². The van der Waals surface area contributed by atoms with Crippen molar-refractivity contribution in [3.8, 4) is 11.8 Å². The number of nitriles is 1. The van der Waals surface area contributed by atoms with Gasteiger partial charge < -0.3 is 0 Å². The second-order valence-electron chi connectivity index (χ2n) is 3.18. The molecule has 0 aliphatic heterocycles. The van der Waals surface area contributed by atoms with Gasteiger partial charge in [0, 0.05) is 6.20 Å². The average molecular weight is 236 g/mol. The van der Waals surface area contributed by atoms with Crippen LogP contribution < -0.4 is 0 Å². The van der Waals surface area contributed by atoms with E-state index < -0.39 is 5.82 Å². The zero-order valence-corrected chi connectivity index (χ0v) is 8.95.